The van der Waals surface area contributed by atoms with Crippen molar-refractivity contribution >= 4 is 17.7 Å². The molecule has 86 valence electrons. The van der Waals surface area contributed by atoms with Crippen LogP contribution in [0.25, 0.3) is 0 Å². The van der Waals surface area contributed by atoms with Crippen molar-refractivity contribution in [3.05, 3.63) is 23.3 Å². The molecule has 0 spiro atoms. The van der Waals surface area contributed by atoms with E-state index in [0.717, 1.165) is 12.2 Å². The number of aromatic nitrogens is 2. The Hall–Kier alpha value is -1.10. The molecule has 0 aromatic carbocycles. The zero-order chi connectivity index (χ0) is 11.5. The minimum Gasteiger partial charge on any atom is -0.477 e. The van der Waals surface area contributed by atoms with E-state index in [1.807, 2.05) is 11.8 Å². The zero-order valence-electron chi connectivity index (χ0n) is 9.14. The highest BCUT2D eigenvalue weighted by atomic mass is 32.2. The smallest absolute Gasteiger partial charge is 0.354 e. The van der Waals surface area contributed by atoms with Crippen molar-refractivity contribution in [2.24, 2.45) is 0 Å². The highest BCUT2D eigenvalue weighted by Crippen LogP contribution is 2.36. The van der Waals surface area contributed by atoms with E-state index in [1.54, 1.807) is 13.1 Å². The lowest BCUT2D eigenvalue weighted by Crippen LogP contribution is -2.11. The molecule has 1 N–H and O–H groups in total. The highest BCUT2D eigenvalue weighted by Gasteiger charge is 2.20. The molecule has 2 rings (SSSR count). The average molecular weight is 238 g/mol. The van der Waals surface area contributed by atoms with E-state index in [0.29, 0.717) is 11.4 Å². The van der Waals surface area contributed by atoms with Crippen molar-refractivity contribution in [2.75, 3.05) is 5.75 Å². The second kappa shape index (κ2) is 4.82. The van der Waals surface area contributed by atoms with Crippen LogP contribution in [0.2, 0.25) is 0 Å². The fourth-order valence-electron chi connectivity index (χ4n) is 1.77. The molecule has 0 amide bonds. The Labute approximate surface area is 98.5 Å². The summed E-state index contributed by atoms with van der Waals surface area (Å²) in [6, 6.07) is 0. The zero-order valence-corrected chi connectivity index (χ0v) is 9.96. The maximum absolute atomic E-state index is 11.0. The fourth-order valence-corrected chi connectivity index (χ4v) is 3.02. The first-order chi connectivity index (χ1) is 7.68. The van der Waals surface area contributed by atoms with Gasteiger partial charge >= 0.3 is 5.97 Å². The summed E-state index contributed by atoms with van der Waals surface area (Å²) in [5.41, 5.74) is 0.758. The van der Waals surface area contributed by atoms with Gasteiger partial charge in [-0.05, 0) is 25.5 Å². The van der Waals surface area contributed by atoms with Crippen LogP contribution in [0.5, 0.6) is 0 Å². The summed E-state index contributed by atoms with van der Waals surface area (Å²) in [4.78, 5) is 19.4. The van der Waals surface area contributed by atoms with Crippen LogP contribution in [0.4, 0.5) is 0 Å². The molecule has 1 aromatic heterocycles. The van der Waals surface area contributed by atoms with Crippen LogP contribution in [0, 0.1) is 6.92 Å². The van der Waals surface area contributed by atoms with Gasteiger partial charge in [-0.1, -0.05) is 6.42 Å². The average Bonchev–Trinajstić information content (AvgIpc) is 2.30. The molecule has 1 aromatic rings. The van der Waals surface area contributed by atoms with Gasteiger partial charge < -0.3 is 5.11 Å². The first-order valence-corrected chi connectivity index (χ1v) is 6.42. The number of hydrogen-bond donors (Lipinski definition) is 1. The van der Waals surface area contributed by atoms with Crippen molar-refractivity contribution in [3.8, 4) is 0 Å². The van der Waals surface area contributed by atoms with Gasteiger partial charge in [-0.3, -0.25) is 0 Å². The van der Waals surface area contributed by atoms with Crippen molar-refractivity contribution in [2.45, 2.75) is 31.4 Å². The number of carbonyl (C=O) groups is 1. The minimum absolute atomic E-state index is 0.135. The number of nitrogens with zero attached hydrogens (tertiary/aromatic N) is 2. The molecule has 1 unspecified atom stereocenters. The van der Waals surface area contributed by atoms with Crippen molar-refractivity contribution in [1.29, 1.82) is 0 Å². The molecule has 1 fully saturated rings. The second-order valence-electron chi connectivity index (χ2n) is 3.92. The lowest BCUT2D eigenvalue weighted by molar-refractivity contribution is 0.0689. The van der Waals surface area contributed by atoms with Crippen LogP contribution in [0.1, 0.15) is 46.4 Å². The lowest BCUT2D eigenvalue weighted by Gasteiger charge is -2.20. The molecule has 1 aliphatic rings. The van der Waals surface area contributed by atoms with Crippen LogP contribution in [-0.4, -0.2) is 26.8 Å². The number of hydrogen-bond acceptors (Lipinski definition) is 4. The van der Waals surface area contributed by atoms with E-state index in [1.165, 1.54) is 12.8 Å². The van der Waals surface area contributed by atoms with Gasteiger partial charge in [0.05, 0.1) is 5.25 Å². The summed E-state index contributed by atoms with van der Waals surface area (Å²) >= 11 is 1.82. The van der Waals surface area contributed by atoms with Crippen LogP contribution >= 0.6 is 11.8 Å². The standard InChI is InChI=1S/C11H14N2O2S/c1-7-6-12-10(13-9(7)11(14)15)8-4-2-3-5-16-8/h6,8H,2-5H2,1H3,(H,14,15). The SMILES string of the molecule is Cc1cnc(C2CCCCS2)nc1C(=O)O. The van der Waals surface area contributed by atoms with Gasteiger partial charge in [0.1, 0.15) is 5.82 Å². The van der Waals surface area contributed by atoms with Crippen molar-refractivity contribution in [1.82, 2.24) is 9.97 Å². The lowest BCUT2D eigenvalue weighted by atomic mass is 10.1. The summed E-state index contributed by atoms with van der Waals surface area (Å²) in [7, 11) is 0. The maximum Gasteiger partial charge on any atom is 0.354 e. The van der Waals surface area contributed by atoms with E-state index in [2.05, 4.69) is 9.97 Å². The molecule has 1 atom stereocenters. The molecule has 2 heterocycles. The van der Waals surface area contributed by atoms with Crippen molar-refractivity contribution in [3.63, 3.8) is 0 Å². The van der Waals surface area contributed by atoms with Crippen LogP contribution in [-0.2, 0) is 0 Å². The molecule has 16 heavy (non-hydrogen) atoms. The van der Waals surface area contributed by atoms with Crippen LogP contribution in [0.15, 0.2) is 6.20 Å². The second-order valence-corrected chi connectivity index (χ2v) is 5.23. The largest absolute Gasteiger partial charge is 0.477 e. The fraction of sp³-hybridized carbons (Fsp3) is 0.545. The molecule has 0 radical (unpaired) electrons. The quantitative estimate of drug-likeness (QED) is 0.857. The Kier molecular flexibility index (Phi) is 3.43. The topological polar surface area (TPSA) is 63.1 Å². The molecule has 1 saturated heterocycles. The Balaban J connectivity index is 2.27. The first-order valence-electron chi connectivity index (χ1n) is 5.37. The molecule has 4 nitrogen and oxygen atoms in total. The van der Waals surface area contributed by atoms with E-state index < -0.39 is 5.97 Å². The van der Waals surface area contributed by atoms with Crippen LogP contribution < -0.4 is 0 Å². The number of carboxylic acid groups (broad SMARTS) is 1. The predicted octanol–water partition coefficient (Wildman–Crippen LogP) is 2.44. The summed E-state index contributed by atoms with van der Waals surface area (Å²) < 4.78 is 0. The Morgan fingerprint density at radius 1 is 1.56 bits per heavy atom. The van der Waals surface area contributed by atoms with Gasteiger partial charge in [-0.25, -0.2) is 14.8 Å². The monoisotopic (exact) mass is 238 g/mol. The van der Waals surface area contributed by atoms with Gasteiger partial charge in [0.15, 0.2) is 5.69 Å². The summed E-state index contributed by atoms with van der Waals surface area (Å²) in [5, 5.41) is 9.26. The molecule has 0 saturated carbocycles. The molecule has 0 bridgehead atoms. The third kappa shape index (κ3) is 2.35. The maximum atomic E-state index is 11.0. The van der Waals surface area contributed by atoms with Gasteiger partial charge in [-0.2, -0.15) is 11.8 Å². The number of rotatable bonds is 2. The Morgan fingerprint density at radius 3 is 3.00 bits per heavy atom. The summed E-state index contributed by atoms with van der Waals surface area (Å²) in [6.07, 6.45) is 5.07. The van der Waals surface area contributed by atoms with E-state index in [9.17, 15) is 4.79 Å². The molecular formula is C11H14N2O2S. The first kappa shape index (κ1) is 11.4. The molecule has 1 aliphatic heterocycles. The number of thioether (sulfide) groups is 1. The third-order valence-corrected chi connectivity index (χ3v) is 4.03. The van der Waals surface area contributed by atoms with Crippen LogP contribution in [0.3, 0.4) is 0 Å². The summed E-state index contributed by atoms with van der Waals surface area (Å²) in [5.74, 6) is 0.819. The van der Waals surface area contributed by atoms with Gasteiger partial charge in [0.2, 0.25) is 0 Å². The van der Waals surface area contributed by atoms with Crippen molar-refractivity contribution < 1.29 is 9.90 Å². The van der Waals surface area contributed by atoms with Gasteiger partial charge in [0, 0.05) is 11.8 Å². The molecule has 0 aliphatic carbocycles. The number of carboxylic acids is 1. The predicted molar refractivity (Wildman–Crippen MR) is 62.8 cm³/mol. The number of aryl methyl sites for hydroxylation is 1. The van der Waals surface area contributed by atoms with Gasteiger partial charge in [-0.15, -0.1) is 0 Å². The minimum atomic E-state index is -0.970. The Bertz CT molecular complexity index is 403. The molecular weight excluding hydrogens is 224 g/mol. The van der Waals surface area contributed by atoms with E-state index >= 15 is 0 Å². The number of aromatic carboxylic acids is 1. The summed E-state index contributed by atoms with van der Waals surface area (Å²) in [6.45, 7) is 1.72. The van der Waals surface area contributed by atoms with E-state index in [4.69, 9.17) is 5.11 Å². The normalized spacial score (nSPS) is 20.7. The third-order valence-electron chi connectivity index (χ3n) is 2.66. The highest BCUT2D eigenvalue weighted by molar-refractivity contribution is 7.99. The Morgan fingerprint density at radius 2 is 2.38 bits per heavy atom. The van der Waals surface area contributed by atoms with E-state index in [-0.39, 0.29) is 10.9 Å². The van der Waals surface area contributed by atoms with Gasteiger partial charge in [0.25, 0.3) is 0 Å². The molecule has 5 heteroatoms.